The minimum atomic E-state index is -0.367. The number of ketones is 1. The molecule has 0 saturated heterocycles. The fraction of sp³-hybridized carbons (Fsp3) is 0.417. The van der Waals surface area contributed by atoms with Crippen LogP contribution in [-0.2, 0) is 0 Å². The zero-order valence-electron chi connectivity index (χ0n) is 8.64. The van der Waals surface area contributed by atoms with E-state index in [1.54, 1.807) is 25.1 Å². The molecule has 0 aromatic heterocycles. The van der Waals surface area contributed by atoms with Crippen molar-refractivity contribution in [3.05, 3.63) is 35.1 Å². The Labute approximate surface area is 83.9 Å². The summed E-state index contributed by atoms with van der Waals surface area (Å²) in [6.45, 7) is 3.69. The van der Waals surface area contributed by atoms with Gasteiger partial charge in [-0.15, -0.1) is 0 Å². The molecule has 1 aromatic carbocycles. The average molecular weight is 194 g/mol. The van der Waals surface area contributed by atoms with Gasteiger partial charge in [0.25, 0.3) is 0 Å². The summed E-state index contributed by atoms with van der Waals surface area (Å²) < 4.78 is 13.5. The highest BCUT2D eigenvalue weighted by Crippen LogP contribution is 2.14. The maximum Gasteiger partial charge on any atom is 0.165 e. The number of hydrogen-bond donors (Lipinski definition) is 0. The van der Waals surface area contributed by atoms with Gasteiger partial charge in [-0.25, -0.2) is 4.39 Å². The van der Waals surface area contributed by atoms with Crippen molar-refractivity contribution in [2.45, 2.75) is 33.1 Å². The fourth-order valence-corrected chi connectivity index (χ4v) is 1.33. The number of benzene rings is 1. The van der Waals surface area contributed by atoms with Gasteiger partial charge < -0.3 is 0 Å². The summed E-state index contributed by atoms with van der Waals surface area (Å²) in [5.41, 5.74) is 0.769. The quantitative estimate of drug-likeness (QED) is 0.670. The van der Waals surface area contributed by atoms with Crippen molar-refractivity contribution in [1.29, 1.82) is 0 Å². The lowest BCUT2D eigenvalue weighted by atomic mass is 10.0. The molecular formula is C12H15FO. The first-order valence-electron chi connectivity index (χ1n) is 4.95. The first-order valence-corrected chi connectivity index (χ1v) is 4.95. The summed E-state index contributed by atoms with van der Waals surface area (Å²) in [6, 6.07) is 4.95. The molecule has 1 aromatic rings. The van der Waals surface area contributed by atoms with E-state index in [1.807, 2.05) is 6.92 Å². The molecular weight excluding hydrogens is 179 g/mol. The average Bonchev–Trinajstić information content (AvgIpc) is 2.18. The predicted octanol–water partition coefficient (Wildman–Crippen LogP) is 3.51. The topological polar surface area (TPSA) is 17.1 Å². The molecule has 0 aliphatic rings. The summed E-state index contributed by atoms with van der Waals surface area (Å²) in [6.07, 6.45) is 2.22. The molecule has 0 aliphatic carbocycles. The SMILES string of the molecule is CCCCC(=O)c1cccc(C)c1F. The maximum atomic E-state index is 13.5. The number of unbranched alkanes of at least 4 members (excludes halogenated alkanes) is 1. The third-order valence-electron chi connectivity index (χ3n) is 2.25. The van der Waals surface area contributed by atoms with E-state index in [2.05, 4.69) is 0 Å². The molecule has 0 atom stereocenters. The van der Waals surface area contributed by atoms with Gasteiger partial charge in [-0.3, -0.25) is 4.79 Å². The molecule has 0 aliphatic heterocycles. The molecule has 0 fully saturated rings. The lowest BCUT2D eigenvalue weighted by Gasteiger charge is -2.03. The number of halogens is 1. The maximum absolute atomic E-state index is 13.5. The molecule has 0 bridgehead atoms. The van der Waals surface area contributed by atoms with Crippen molar-refractivity contribution in [3.63, 3.8) is 0 Å². The van der Waals surface area contributed by atoms with Gasteiger partial charge in [0.05, 0.1) is 5.56 Å². The molecule has 0 spiro atoms. The Balaban J connectivity index is 2.84. The minimum Gasteiger partial charge on any atom is -0.294 e. The normalized spacial score (nSPS) is 10.2. The first kappa shape index (κ1) is 10.9. The van der Waals surface area contributed by atoms with Gasteiger partial charge in [0.15, 0.2) is 5.78 Å². The largest absolute Gasteiger partial charge is 0.294 e. The van der Waals surface area contributed by atoms with Gasteiger partial charge in [0.2, 0.25) is 0 Å². The molecule has 0 heterocycles. The highest BCUT2D eigenvalue weighted by Gasteiger charge is 2.11. The van der Waals surface area contributed by atoms with Gasteiger partial charge in [-0.2, -0.15) is 0 Å². The van der Waals surface area contributed by atoms with Crippen LogP contribution in [0.5, 0.6) is 0 Å². The number of carbonyl (C=O) groups is 1. The Hall–Kier alpha value is -1.18. The van der Waals surface area contributed by atoms with E-state index in [0.717, 1.165) is 12.8 Å². The number of carbonyl (C=O) groups excluding carboxylic acids is 1. The van der Waals surface area contributed by atoms with Crippen molar-refractivity contribution >= 4 is 5.78 Å². The molecule has 14 heavy (non-hydrogen) atoms. The highest BCUT2D eigenvalue weighted by atomic mass is 19.1. The van der Waals surface area contributed by atoms with E-state index in [9.17, 15) is 9.18 Å². The first-order chi connectivity index (χ1) is 6.66. The van der Waals surface area contributed by atoms with Crippen molar-refractivity contribution < 1.29 is 9.18 Å². The number of rotatable bonds is 4. The van der Waals surface area contributed by atoms with Crippen LogP contribution in [0, 0.1) is 12.7 Å². The Kier molecular flexibility index (Phi) is 3.81. The lowest BCUT2D eigenvalue weighted by Crippen LogP contribution is -2.03. The van der Waals surface area contributed by atoms with Crippen molar-refractivity contribution in [3.8, 4) is 0 Å². The number of aryl methyl sites for hydroxylation is 1. The summed E-state index contributed by atoms with van der Waals surface area (Å²) in [5.74, 6) is -0.457. The molecule has 0 saturated carbocycles. The van der Waals surface area contributed by atoms with Crippen molar-refractivity contribution in [1.82, 2.24) is 0 Å². The Morgan fingerprint density at radius 3 is 2.79 bits per heavy atom. The monoisotopic (exact) mass is 194 g/mol. The zero-order valence-corrected chi connectivity index (χ0v) is 8.64. The predicted molar refractivity (Wildman–Crippen MR) is 55.0 cm³/mol. The third-order valence-corrected chi connectivity index (χ3v) is 2.25. The van der Waals surface area contributed by atoms with E-state index >= 15 is 0 Å². The van der Waals surface area contributed by atoms with Gasteiger partial charge >= 0.3 is 0 Å². The van der Waals surface area contributed by atoms with Crippen LogP contribution in [0.1, 0.15) is 42.1 Å². The second-order valence-corrected chi connectivity index (χ2v) is 3.46. The molecule has 1 nitrogen and oxygen atoms in total. The molecule has 0 radical (unpaired) electrons. The van der Waals surface area contributed by atoms with Crippen LogP contribution in [-0.4, -0.2) is 5.78 Å². The van der Waals surface area contributed by atoms with Gasteiger partial charge in [0, 0.05) is 6.42 Å². The van der Waals surface area contributed by atoms with Crippen LogP contribution in [0.4, 0.5) is 4.39 Å². The Morgan fingerprint density at radius 1 is 1.43 bits per heavy atom. The summed E-state index contributed by atoms with van der Waals surface area (Å²) in [4.78, 5) is 11.5. The molecule has 0 N–H and O–H groups in total. The van der Waals surface area contributed by atoms with Crippen molar-refractivity contribution in [2.75, 3.05) is 0 Å². The van der Waals surface area contributed by atoms with Crippen LogP contribution in [0.3, 0.4) is 0 Å². The Bertz CT molecular complexity index is 331. The lowest BCUT2D eigenvalue weighted by molar-refractivity contribution is 0.0975. The van der Waals surface area contributed by atoms with Crippen molar-refractivity contribution in [2.24, 2.45) is 0 Å². The van der Waals surface area contributed by atoms with E-state index in [1.165, 1.54) is 0 Å². The number of hydrogen-bond acceptors (Lipinski definition) is 1. The minimum absolute atomic E-state index is 0.0898. The van der Waals surface area contributed by atoms with Crippen LogP contribution in [0.25, 0.3) is 0 Å². The highest BCUT2D eigenvalue weighted by molar-refractivity contribution is 5.96. The van der Waals surface area contributed by atoms with E-state index in [4.69, 9.17) is 0 Å². The zero-order chi connectivity index (χ0) is 10.6. The van der Waals surface area contributed by atoms with E-state index in [0.29, 0.717) is 12.0 Å². The molecule has 0 unspecified atom stereocenters. The van der Waals surface area contributed by atoms with Crippen LogP contribution < -0.4 is 0 Å². The summed E-state index contributed by atoms with van der Waals surface area (Å²) in [5, 5.41) is 0. The molecule has 0 amide bonds. The molecule has 1 rings (SSSR count). The fourth-order valence-electron chi connectivity index (χ4n) is 1.33. The Morgan fingerprint density at radius 2 is 2.14 bits per heavy atom. The van der Waals surface area contributed by atoms with Gasteiger partial charge in [-0.1, -0.05) is 25.5 Å². The second kappa shape index (κ2) is 4.89. The third kappa shape index (κ3) is 2.41. The van der Waals surface area contributed by atoms with Gasteiger partial charge in [0.1, 0.15) is 5.82 Å². The van der Waals surface area contributed by atoms with Crippen LogP contribution in [0.2, 0.25) is 0 Å². The number of Topliss-reactive ketones (excluding diaryl/α,β-unsaturated/α-hetero) is 1. The smallest absolute Gasteiger partial charge is 0.165 e. The van der Waals surface area contributed by atoms with E-state index < -0.39 is 0 Å². The van der Waals surface area contributed by atoms with Crippen LogP contribution >= 0.6 is 0 Å². The molecule has 76 valence electrons. The standard InChI is InChI=1S/C12H15FO/c1-3-4-8-11(14)10-7-5-6-9(2)12(10)13/h5-7H,3-4,8H2,1-2H3. The summed E-state index contributed by atoms with van der Waals surface area (Å²) in [7, 11) is 0. The second-order valence-electron chi connectivity index (χ2n) is 3.46. The summed E-state index contributed by atoms with van der Waals surface area (Å²) >= 11 is 0. The van der Waals surface area contributed by atoms with Crippen LogP contribution in [0.15, 0.2) is 18.2 Å². The molecule has 2 heteroatoms. The van der Waals surface area contributed by atoms with E-state index in [-0.39, 0.29) is 17.2 Å². The van der Waals surface area contributed by atoms with Gasteiger partial charge in [-0.05, 0) is 25.0 Å².